The standard InChI is InChI=1S/C18H25N5/c1-2-4-15(5-3-1)12-22-9-7-17(14-22)19-10-16-11-20-18-6-8-21-23(18)13-16/h1-6,8,16-17,19-20H,7,9-14H2/t16-,17+/m1/s1. The summed E-state index contributed by atoms with van der Waals surface area (Å²) in [5.74, 6) is 1.77. The zero-order chi connectivity index (χ0) is 15.5. The van der Waals surface area contributed by atoms with Crippen molar-refractivity contribution in [3.8, 4) is 0 Å². The third-order valence-electron chi connectivity index (χ3n) is 4.94. The third kappa shape index (κ3) is 3.57. The molecule has 2 aliphatic rings. The normalized spacial score (nSPS) is 24.3. The van der Waals surface area contributed by atoms with Crippen LogP contribution in [0.25, 0.3) is 0 Å². The van der Waals surface area contributed by atoms with E-state index in [9.17, 15) is 0 Å². The highest BCUT2D eigenvalue weighted by Crippen LogP contribution is 2.17. The van der Waals surface area contributed by atoms with E-state index in [1.807, 2.05) is 12.3 Å². The van der Waals surface area contributed by atoms with Gasteiger partial charge < -0.3 is 10.6 Å². The van der Waals surface area contributed by atoms with Gasteiger partial charge in [0.15, 0.2) is 0 Å². The number of rotatable bonds is 5. The Hall–Kier alpha value is -1.85. The number of benzene rings is 1. The number of hydrogen-bond acceptors (Lipinski definition) is 4. The van der Waals surface area contributed by atoms with E-state index in [2.05, 4.69) is 55.6 Å². The highest BCUT2D eigenvalue weighted by molar-refractivity contribution is 5.35. The van der Waals surface area contributed by atoms with Gasteiger partial charge in [-0.15, -0.1) is 0 Å². The maximum absolute atomic E-state index is 4.36. The van der Waals surface area contributed by atoms with Crippen molar-refractivity contribution in [2.45, 2.75) is 25.6 Å². The molecule has 3 heterocycles. The Morgan fingerprint density at radius 1 is 1.17 bits per heavy atom. The van der Waals surface area contributed by atoms with Gasteiger partial charge >= 0.3 is 0 Å². The Morgan fingerprint density at radius 2 is 2.09 bits per heavy atom. The first kappa shape index (κ1) is 14.7. The van der Waals surface area contributed by atoms with Crippen molar-refractivity contribution in [2.24, 2.45) is 5.92 Å². The third-order valence-corrected chi connectivity index (χ3v) is 4.94. The lowest BCUT2D eigenvalue weighted by atomic mass is 10.1. The van der Waals surface area contributed by atoms with Crippen LogP contribution in [-0.4, -0.2) is 46.9 Å². The van der Waals surface area contributed by atoms with Crippen LogP contribution in [0.1, 0.15) is 12.0 Å². The van der Waals surface area contributed by atoms with Gasteiger partial charge in [-0.2, -0.15) is 5.10 Å². The van der Waals surface area contributed by atoms with Crippen LogP contribution < -0.4 is 10.6 Å². The van der Waals surface area contributed by atoms with Gasteiger partial charge in [0.25, 0.3) is 0 Å². The van der Waals surface area contributed by atoms with Crippen molar-refractivity contribution in [3.63, 3.8) is 0 Å². The lowest BCUT2D eigenvalue weighted by Crippen LogP contribution is -2.40. The Balaban J connectivity index is 1.22. The minimum absolute atomic E-state index is 0.616. The average molecular weight is 311 g/mol. The van der Waals surface area contributed by atoms with Gasteiger partial charge in [0.1, 0.15) is 5.82 Å². The minimum atomic E-state index is 0.616. The number of aromatic nitrogens is 2. The summed E-state index contributed by atoms with van der Waals surface area (Å²) in [4.78, 5) is 2.55. The van der Waals surface area contributed by atoms with Gasteiger partial charge in [-0.3, -0.25) is 4.90 Å². The molecule has 4 rings (SSSR count). The van der Waals surface area contributed by atoms with Crippen LogP contribution in [0.4, 0.5) is 5.82 Å². The average Bonchev–Trinajstić information content (AvgIpc) is 3.22. The first-order valence-electron chi connectivity index (χ1n) is 8.62. The maximum Gasteiger partial charge on any atom is 0.124 e. The van der Waals surface area contributed by atoms with Crippen molar-refractivity contribution < 1.29 is 0 Å². The second kappa shape index (κ2) is 6.72. The number of nitrogens with zero attached hydrogens (tertiary/aromatic N) is 3. The summed E-state index contributed by atoms with van der Waals surface area (Å²) >= 11 is 0. The second-order valence-electron chi connectivity index (χ2n) is 6.76. The topological polar surface area (TPSA) is 45.1 Å². The van der Waals surface area contributed by atoms with Crippen LogP contribution in [0.3, 0.4) is 0 Å². The number of likely N-dealkylation sites (tertiary alicyclic amines) is 1. The molecule has 5 nitrogen and oxygen atoms in total. The molecule has 2 aromatic rings. The van der Waals surface area contributed by atoms with E-state index in [1.54, 1.807) is 0 Å². The van der Waals surface area contributed by atoms with E-state index in [0.717, 1.165) is 38.5 Å². The summed E-state index contributed by atoms with van der Waals surface area (Å²) < 4.78 is 2.08. The van der Waals surface area contributed by atoms with Gasteiger partial charge in [-0.05, 0) is 12.0 Å². The summed E-state index contributed by atoms with van der Waals surface area (Å²) in [5.41, 5.74) is 1.41. The highest BCUT2D eigenvalue weighted by atomic mass is 15.3. The predicted octanol–water partition coefficient (Wildman–Crippen LogP) is 1.79. The molecular weight excluding hydrogens is 286 g/mol. The van der Waals surface area contributed by atoms with Crippen molar-refractivity contribution in [2.75, 3.05) is 31.5 Å². The predicted molar refractivity (Wildman–Crippen MR) is 92.3 cm³/mol. The number of fused-ring (bicyclic) bond motifs is 1. The maximum atomic E-state index is 4.36. The van der Waals surface area contributed by atoms with E-state index in [1.165, 1.54) is 18.5 Å². The molecule has 122 valence electrons. The van der Waals surface area contributed by atoms with Gasteiger partial charge in [-0.1, -0.05) is 30.3 Å². The van der Waals surface area contributed by atoms with Crippen LogP contribution in [0.2, 0.25) is 0 Å². The number of anilines is 1. The Morgan fingerprint density at radius 3 is 3.00 bits per heavy atom. The molecule has 1 aromatic carbocycles. The van der Waals surface area contributed by atoms with Crippen molar-refractivity contribution in [1.29, 1.82) is 0 Å². The van der Waals surface area contributed by atoms with E-state index < -0.39 is 0 Å². The Labute approximate surface area is 137 Å². The van der Waals surface area contributed by atoms with Gasteiger partial charge in [0, 0.05) is 57.3 Å². The molecule has 1 aromatic heterocycles. The largest absolute Gasteiger partial charge is 0.370 e. The molecule has 0 bridgehead atoms. The molecule has 2 N–H and O–H groups in total. The van der Waals surface area contributed by atoms with Gasteiger partial charge in [-0.25, -0.2) is 4.68 Å². The van der Waals surface area contributed by atoms with Crippen LogP contribution in [0, 0.1) is 5.92 Å². The molecule has 5 heteroatoms. The molecule has 1 saturated heterocycles. The van der Waals surface area contributed by atoms with E-state index in [4.69, 9.17) is 0 Å². The van der Waals surface area contributed by atoms with E-state index >= 15 is 0 Å². The number of nitrogens with one attached hydrogen (secondary N) is 2. The fraction of sp³-hybridized carbons (Fsp3) is 0.500. The minimum Gasteiger partial charge on any atom is -0.370 e. The smallest absolute Gasteiger partial charge is 0.124 e. The zero-order valence-electron chi connectivity index (χ0n) is 13.5. The second-order valence-corrected chi connectivity index (χ2v) is 6.76. The van der Waals surface area contributed by atoms with Crippen LogP contribution >= 0.6 is 0 Å². The Kier molecular flexibility index (Phi) is 4.30. The molecule has 2 atom stereocenters. The lowest BCUT2D eigenvalue weighted by molar-refractivity contribution is 0.312. The van der Waals surface area contributed by atoms with Crippen molar-refractivity contribution >= 4 is 5.82 Å². The van der Waals surface area contributed by atoms with Gasteiger partial charge in [0.2, 0.25) is 0 Å². The summed E-state index contributed by atoms with van der Waals surface area (Å²) in [7, 11) is 0. The monoisotopic (exact) mass is 311 g/mol. The lowest BCUT2D eigenvalue weighted by Gasteiger charge is -2.26. The van der Waals surface area contributed by atoms with E-state index in [0.29, 0.717) is 12.0 Å². The van der Waals surface area contributed by atoms with Crippen LogP contribution in [0.15, 0.2) is 42.6 Å². The molecule has 0 spiro atoms. The fourth-order valence-corrected chi connectivity index (χ4v) is 3.64. The molecule has 0 unspecified atom stereocenters. The summed E-state index contributed by atoms with van der Waals surface area (Å²) in [5, 5.41) is 11.6. The first-order valence-corrected chi connectivity index (χ1v) is 8.62. The quantitative estimate of drug-likeness (QED) is 0.884. The molecule has 23 heavy (non-hydrogen) atoms. The molecule has 0 amide bonds. The summed E-state index contributed by atoms with van der Waals surface area (Å²) in [6.07, 6.45) is 3.12. The SMILES string of the molecule is c1ccc(CN2CC[C@H](NC[C@@H]3CNc4ccnn4C3)C2)cc1. The molecular formula is C18H25N5. The molecule has 1 fully saturated rings. The molecule has 0 saturated carbocycles. The number of hydrogen-bond donors (Lipinski definition) is 2. The fourth-order valence-electron chi connectivity index (χ4n) is 3.64. The molecule has 0 aliphatic carbocycles. The first-order chi connectivity index (χ1) is 11.4. The summed E-state index contributed by atoms with van der Waals surface area (Å²) in [6.45, 7) is 6.54. The summed E-state index contributed by atoms with van der Waals surface area (Å²) in [6, 6.07) is 13.4. The van der Waals surface area contributed by atoms with E-state index in [-0.39, 0.29) is 0 Å². The molecule has 2 aliphatic heterocycles. The van der Waals surface area contributed by atoms with Crippen LogP contribution in [-0.2, 0) is 13.1 Å². The van der Waals surface area contributed by atoms with Crippen molar-refractivity contribution in [3.05, 3.63) is 48.2 Å². The van der Waals surface area contributed by atoms with Crippen LogP contribution in [0.5, 0.6) is 0 Å². The highest BCUT2D eigenvalue weighted by Gasteiger charge is 2.24. The zero-order valence-corrected chi connectivity index (χ0v) is 13.5. The molecule has 0 radical (unpaired) electrons. The van der Waals surface area contributed by atoms with Crippen molar-refractivity contribution in [1.82, 2.24) is 20.0 Å². The van der Waals surface area contributed by atoms with Gasteiger partial charge in [0.05, 0.1) is 6.20 Å². The Bertz CT molecular complexity index is 623.